The lowest BCUT2D eigenvalue weighted by atomic mass is 10.1. The van der Waals surface area contributed by atoms with E-state index in [2.05, 4.69) is 27.2 Å². The van der Waals surface area contributed by atoms with Crippen molar-refractivity contribution in [3.05, 3.63) is 36.4 Å². The van der Waals surface area contributed by atoms with Crippen molar-refractivity contribution in [2.45, 2.75) is 12.5 Å². The van der Waals surface area contributed by atoms with Gasteiger partial charge in [0.2, 0.25) is 0 Å². The minimum atomic E-state index is 0.172. The molecule has 0 radical (unpaired) electrons. The molecule has 1 aliphatic rings. The fourth-order valence-electron chi connectivity index (χ4n) is 3.16. The third-order valence-corrected chi connectivity index (χ3v) is 4.32. The molecule has 3 aromatic heterocycles. The second-order valence-corrected chi connectivity index (χ2v) is 5.97. The molecule has 2 N–H and O–H groups in total. The Hall–Kier alpha value is -2.85. The van der Waals surface area contributed by atoms with Crippen LogP contribution in [0.4, 0.5) is 5.69 Å². The van der Waals surface area contributed by atoms with Gasteiger partial charge in [0.25, 0.3) is 0 Å². The van der Waals surface area contributed by atoms with Gasteiger partial charge in [-0.3, -0.25) is 4.68 Å². The minimum absolute atomic E-state index is 0.172. The first-order chi connectivity index (χ1) is 11.2. The number of aryl methyl sites for hydroxylation is 1. The average molecular weight is 307 g/mol. The van der Waals surface area contributed by atoms with Crippen molar-refractivity contribution < 1.29 is 0 Å². The zero-order chi connectivity index (χ0) is 16.0. The Bertz CT molecular complexity index is 914. The molecular weight excluding hydrogens is 290 g/mol. The van der Waals surface area contributed by atoms with Crippen molar-refractivity contribution in [2.75, 3.05) is 18.0 Å². The van der Waals surface area contributed by atoms with Crippen LogP contribution in [0.2, 0.25) is 0 Å². The van der Waals surface area contributed by atoms with Crippen LogP contribution in [0.15, 0.2) is 30.9 Å². The Kier molecular flexibility index (Phi) is 3.06. The predicted octanol–water partition coefficient (Wildman–Crippen LogP) is 1.14. The quantitative estimate of drug-likeness (QED) is 0.767. The number of hydrogen-bond donors (Lipinski definition) is 1. The van der Waals surface area contributed by atoms with E-state index in [1.165, 1.54) is 0 Å². The second kappa shape index (κ2) is 5.11. The van der Waals surface area contributed by atoms with Gasteiger partial charge in [0.15, 0.2) is 0 Å². The van der Waals surface area contributed by atoms with Crippen molar-refractivity contribution in [1.29, 1.82) is 5.26 Å². The van der Waals surface area contributed by atoms with Crippen LogP contribution in [0.3, 0.4) is 0 Å². The number of nitrogens with zero attached hydrogens (tertiary/aromatic N) is 6. The van der Waals surface area contributed by atoms with Crippen molar-refractivity contribution in [1.82, 2.24) is 19.4 Å². The molecule has 0 bridgehead atoms. The first-order valence-electron chi connectivity index (χ1n) is 7.57. The molecule has 1 fully saturated rings. The van der Waals surface area contributed by atoms with E-state index in [1.54, 1.807) is 15.4 Å². The molecule has 0 amide bonds. The van der Waals surface area contributed by atoms with E-state index in [-0.39, 0.29) is 6.04 Å². The summed E-state index contributed by atoms with van der Waals surface area (Å²) in [5.74, 6) is 0. The van der Waals surface area contributed by atoms with Gasteiger partial charge in [-0.2, -0.15) is 15.5 Å². The summed E-state index contributed by atoms with van der Waals surface area (Å²) in [6.07, 6.45) is 8.30. The first kappa shape index (κ1) is 13.8. The van der Waals surface area contributed by atoms with E-state index >= 15 is 0 Å². The Balaban J connectivity index is 1.93. The Labute approximate surface area is 133 Å². The summed E-state index contributed by atoms with van der Waals surface area (Å²) >= 11 is 0. The van der Waals surface area contributed by atoms with E-state index in [0.717, 1.165) is 41.8 Å². The van der Waals surface area contributed by atoms with Crippen LogP contribution < -0.4 is 10.6 Å². The fraction of sp³-hybridized carbons (Fsp3) is 0.312. The topological polar surface area (TPSA) is 88.2 Å². The molecule has 0 aromatic carbocycles. The molecule has 0 saturated carbocycles. The molecule has 1 aliphatic heterocycles. The lowest BCUT2D eigenvalue weighted by molar-refractivity contribution is 0.752. The van der Waals surface area contributed by atoms with Gasteiger partial charge in [0.05, 0.1) is 23.6 Å². The predicted molar refractivity (Wildman–Crippen MR) is 86.9 cm³/mol. The van der Waals surface area contributed by atoms with Gasteiger partial charge in [-0.25, -0.2) is 4.52 Å². The highest BCUT2D eigenvalue weighted by Crippen LogP contribution is 2.32. The second-order valence-electron chi connectivity index (χ2n) is 5.97. The molecule has 116 valence electrons. The molecule has 0 aliphatic carbocycles. The molecule has 1 atom stereocenters. The minimum Gasteiger partial charge on any atom is -0.368 e. The summed E-state index contributed by atoms with van der Waals surface area (Å²) < 4.78 is 3.55. The molecule has 4 heterocycles. The zero-order valence-electron chi connectivity index (χ0n) is 12.8. The van der Waals surface area contributed by atoms with Crippen LogP contribution in [0.5, 0.6) is 0 Å². The lowest BCUT2D eigenvalue weighted by Gasteiger charge is -2.20. The summed E-state index contributed by atoms with van der Waals surface area (Å²) in [7, 11) is 1.89. The molecule has 1 saturated heterocycles. The monoisotopic (exact) mass is 307 g/mol. The fourth-order valence-corrected chi connectivity index (χ4v) is 3.16. The molecule has 0 unspecified atom stereocenters. The number of aromatic nitrogens is 4. The van der Waals surface area contributed by atoms with Crippen LogP contribution in [0.25, 0.3) is 16.6 Å². The number of nitrogens with two attached hydrogens (primary N) is 1. The van der Waals surface area contributed by atoms with E-state index in [1.807, 2.05) is 25.6 Å². The van der Waals surface area contributed by atoms with Crippen molar-refractivity contribution in [3.63, 3.8) is 0 Å². The van der Waals surface area contributed by atoms with E-state index in [4.69, 9.17) is 5.73 Å². The van der Waals surface area contributed by atoms with Crippen LogP contribution in [-0.2, 0) is 7.05 Å². The van der Waals surface area contributed by atoms with Gasteiger partial charge in [0, 0.05) is 49.7 Å². The van der Waals surface area contributed by atoms with Crippen LogP contribution in [0, 0.1) is 11.3 Å². The van der Waals surface area contributed by atoms with E-state index < -0.39 is 0 Å². The van der Waals surface area contributed by atoms with Crippen molar-refractivity contribution in [3.8, 4) is 17.2 Å². The number of fused-ring (bicyclic) bond motifs is 1. The summed E-state index contributed by atoms with van der Waals surface area (Å²) in [4.78, 5) is 2.24. The normalized spacial score (nSPS) is 17.8. The van der Waals surface area contributed by atoms with Crippen molar-refractivity contribution in [2.24, 2.45) is 12.8 Å². The standard InChI is InChI=1S/C16H17N7/c1-21-8-13(7-19-21)11-4-15(22-3-2-14(18)10-22)16-12(5-17)6-20-23(16)9-11/h4,6-9,14H,2-3,10,18H2,1H3/t14-/m1/s1. The zero-order valence-corrected chi connectivity index (χ0v) is 12.8. The highest BCUT2D eigenvalue weighted by molar-refractivity contribution is 5.83. The van der Waals surface area contributed by atoms with Gasteiger partial charge >= 0.3 is 0 Å². The summed E-state index contributed by atoms with van der Waals surface area (Å²) in [5, 5.41) is 18.0. The highest BCUT2D eigenvalue weighted by Gasteiger charge is 2.23. The summed E-state index contributed by atoms with van der Waals surface area (Å²) in [6.45, 7) is 1.69. The Morgan fingerprint density at radius 3 is 2.78 bits per heavy atom. The van der Waals surface area contributed by atoms with Gasteiger partial charge in [-0.1, -0.05) is 0 Å². The Morgan fingerprint density at radius 1 is 1.26 bits per heavy atom. The Morgan fingerprint density at radius 2 is 2.13 bits per heavy atom. The molecule has 4 rings (SSSR count). The molecule has 0 spiro atoms. The van der Waals surface area contributed by atoms with Crippen molar-refractivity contribution >= 4 is 11.2 Å². The highest BCUT2D eigenvalue weighted by atomic mass is 15.3. The largest absolute Gasteiger partial charge is 0.368 e. The van der Waals surface area contributed by atoms with Crippen LogP contribution in [0.1, 0.15) is 12.0 Å². The van der Waals surface area contributed by atoms with Crippen LogP contribution in [-0.4, -0.2) is 38.5 Å². The molecule has 7 heteroatoms. The maximum absolute atomic E-state index is 9.37. The van der Waals surface area contributed by atoms with E-state index in [0.29, 0.717) is 5.56 Å². The maximum atomic E-state index is 9.37. The first-order valence-corrected chi connectivity index (χ1v) is 7.57. The maximum Gasteiger partial charge on any atom is 0.107 e. The van der Waals surface area contributed by atoms with Gasteiger partial charge in [-0.15, -0.1) is 0 Å². The molecular formula is C16H17N7. The van der Waals surface area contributed by atoms with Crippen LogP contribution >= 0.6 is 0 Å². The lowest BCUT2D eigenvalue weighted by Crippen LogP contribution is -2.26. The molecule has 23 heavy (non-hydrogen) atoms. The number of nitriles is 1. The van der Waals surface area contributed by atoms with Gasteiger partial charge < -0.3 is 10.6 Å². The van der Waals surface area contributed by atoms with E-state index in [9.17, 15) is 5.26 Å². The summed E-state index contributed by atoms with van der Waals surface area (Å²) in [6, 6.07) is 4.51. The average Bonchev–Trinajstić information content (AvgIpc) is 3.25. The smallest absolute Gasteiger partial charge is 0.107 e. The molecule has 3 aromatic rings. The van der Waals surface area contributed by atoms with Gasteiger partial charge in [-0.05, 0) is 12.5 Å². The third kappa shape index (κ3) is 2.24. The third-order valence-electron chi connectivity index (χ3n) is 4.32. The number of anilines is 1. The molecule has 7 nitrogen and oxygen atoms in total. The summed E-state index contributed by atoms with van der Waals surface area (Å²) in [5.41, 5.74) is 10.5. The number of rotatable bonds is 2. The SMILES string of the molecule is Cn1cc(-c2cc(N3CC[C@@H](N)C3)c3c(C#N)cnn3c2)cn1. The number of pyridine rings is 1. The number of hydrogen-bond acceptors (Lipinski definition) is 5. The van der Waals surface area contributed by atoms with Gasteiger partial charge in [0.1, 0.15) is 11.6 Å².